The summed E-state index contributed by atoms with van der Waals surface area (Å²) in [5, 5.41) is 50.6. The molecule has 638 valence electrons. The molecule has 0 atom stereocenters. The van der Waals surface area contributed by atoms with Crippen molar-refractivity contribution in [3.63, 3.8) is 0 Å². The van der Waals surface area contributed by atoms with Gasteiger partial charge in [0.1, 0.15) is 79.7 Å². The fourth-order valence-corrected chi connectivity index (χ4v) is 16.2. The Morgan fingerprint density at radius 1 is 0.571 bits per heavy atom. The van der Waals surface area contributed by atoms with Gasteiger partial charge in [-0.05, 0) is 179 Å². The summed E-state index contributed by atoms with van der Waals surface area (Å²) < 4.78 is 91.7. The number of methoxy groups -OCH3 is 2. The van der Waals surface area contributed by atoms with Gasteiger partial charge in [0.05, 0.1) is 73.6 Å². The number of ether oxygens (including phenoxy) is 6. The number of phenolic OH excluding ortho intramolecular Hbond substituents is 1. The van der Waals surface area contributed by atoms with Gasteiger partial charge in [0.25, 0.3) is 0 Å². The van der Waals surface area contributed by atoms with Crippen LogP contribution in [0.15, 0.2) is 229 Å². The van der Waals surface area contributed by atoms with Crippen LogP contribution in [0.3, 0.4) is 0 Å². The van der Waals surface area contributed by atoms with Crippen LogP contribution in [-0.2, 0) is 29.1 Å². The van der Waals surface area contributed by atoms with Gasteiger partial charge in [-0.2, -0.15) is 19.2 Å². The normalized spacial score (nSPS) is 13.4. The smallest absolute Gasteiger partial charge is 0.505 e. The van der Waals surface area contributed by atoms with E-state index in [0.717, 1.165) is 61.3 Å². The number of sulfone groups is 1. The number of anilines is 2. The number of carbonyl (C=O) groups is 1. The number of aryl methyl sites for hydroxylation is 4. The molecule has 2 N–H and O–H groups in total. The zero-order valence-electron chi connectivity index (χ0n) is 69.8. The molecule has 7 aromatic heterocycles. The molecule has 35 heteroatoms. The van der Waals surface area contributed by atoms with E-state index in [9.17, 15) is 22.9 Å². The number of nitrogens with zero attached hydrogens (tertiary/aromatic N) is 18. The standard InChI is InChI=1S/C24H27N4O6P.C23H17N5O.C22H19N5O4.C22H21N5O3S/c1-16-17(2)27-28-22(16)25-26-23(28)24(3,4)15-32-35(29,33-20-11-7-18(30-5)8-12-20)34-21-13-9-19(31-6)10-14-21;1-14-12-17(22-21(24-15(2)25-22)16-8-4-3-5-9-16)13-20(23(14)29)28-26-18-10-6-7-11-19(18)27-28;1-13-14(2)25-27-22(13)24-21(26-27)15-4-3-5-16(10-15)23-20(28)8-9-29-17-6-7-18-19(11-17)31-12-30-18;1-15-21-24-16(2)25-27(21)22(23-15)17-3-7-19(8-4-17)30-20-9-5-18(6-10-20)26-11-13-31(28,29)14-12-26/h7-14H,1,15H2,2-6H3;3-13,29H,2H2,1H3;3-7,10-11H,1,8-9,12H2,2H3,(H,23,28);3-10H,1,11-14H2,2H3. The lowest BCUT2D eigenvalue weighted by atomic mass is 9.94. The Kier molecular flexibility index (Phi) is 23.9. The molecule has 0 spiro atoms. The highest BCUT2D eigenvalue weighted by Gasteiger charge is 2.38. The first-order valence-corrected chi connectivity index (χ1v) is 42.9. The van der Waals surface area contributed by atoms with Gasteiger partial charge in [-0.1, -0.05) is 94.8 Å². The highest BCUT2D eigenvalue weighted by molar-refractivity contribution is 7.91. The van der Waals surface area contributed by atoms with Crippen molar-refractivity contribution in [3.8, 4) is 86.0 Å². The summed E-state index contributed by atoms with van der Waals surface area (Å²) in [6, 6.07) is 62.3. The van der Waals surface area contributed by atoms with Crippen molar-refractivity contribution in [2.45, 2.75) is 53.4 Å². The predicted octanol–water partition coefficient (Wildman–Crippen LogP) is 13.0. The maximum absolute atomic E-state index is 13.8. The molecule has 3 aliphatic rings. The molecular formula is C91H84N19O14PS. The first-order chi connectivity index (χ1) is 60.7. The molecule has 1 fully saturated rings. The lowest BCUT2D eigenvalue weighted by Crippen LogP contribution is -2.40. The molecule has 16 aromatic rings. The molecular weight excluding hydrogens is 1650 g/mol. The van der Waals surface area contributed by atoms with Gasteiger partial charge in [-0.3, -0.25) is 9.32 Å². The number of amides is 1. The lowest BCUT2D eigenvalue weighted by molar-refractivity contribution is -0.116. The Balaban J connectivity index is 0.000000124. The number of aromatic nitrogens is 15. The highest BCUT2D eigenvalue weighted by Crippen LogP contribution is 2.51. The van der Waals surface area contributed by atoms with E-state index in [-0.39, 0.29) is 49.6 Å². The fraction of sp³-hybridized carbons (Fsp3) is 0.187. The molecule has 126 heavy (non-hydrogen) atoms. The summed E-state index contributed by atoms with van der Waals surface area (Å²) in [6.45, 7) is 28.4. The number of fused-ring (bicyclic) bond motifs is 5. The van der Waals surface area contributed by atoms with Gasteiger partial charge in [-0.15, -0.1) is 40.0 Å². The van der Waals surface area contributed by atoms with Crippen LogP contribution in [0.1, 0.15) is 60.0 Å². The fourth-order valence-electron chi connectivity index (χ4n) is 13.6. The first kappa shape index (κ1) is 84.3. The van der Waals surface area contributed by atoms with E-state index >= 15 is 0 Å². The zero-order chi connectivity index (χ0) is 88.1. The molecule has 0 aliphatic carbocycles. The maximum atomic E-state index is 13.8. The van der Waals surface area contributed by atoms with Crippen LogP contribution in [0.4, 0.5) is 11.4 Å². The van der Waals surface area contributed by atoms with E-state index < -0.39 is 23.1 Å². The minimum Gasteiger partial charge on any atom is -0.505 e. The van der Waals surface area contributed by atoms with Gasteiger partial charge < -0.3 is 52.8 Å². The second kappa shape index (κ2) is 35.7. The van der Waals surface area contributed by atoms with Crippen LogP contribution >= 0.6 is 7.82 Å². The van der Waals surface area contributed by atoms with Crippen molar-refractivity contribution < 1.29 is 64.9 Å². The van der Waals surface area contributed by atoms with Gasteiger partial charge in [0.2, 0.25) is 12.7 Å². The molecule has 19 rings (SSSR count). The largest absolute Gasteiger partial charge is 0.587 e. The number of aliphatic imine (C=N–C) groups is 2. The quantitative estimate of drug-likeness (QED) is 0.0562. The zero-order valence-corrected chi connectivity index (χ0v) is 71.5. The van der Waals surface area contributed by atoms with Crippen molar-refractivity contribution in [2.24, 2.45) is 9.98 Å². The monoisotopic (exact) mass is 1730 g/mol. The predicted molar refractivity (Wildman–Crippen MR) is 476 cm³/mol. The van der Waals surface area contributed by atoms with Crippen LogP contribution in [0.2, 0.25) is 0 Å². The number of phosphoric ester groups is 1. The van der Waals surface area contributed by atoms with Crippen molar-refractivity contribution in [3.05, 3.63) is 274 Å². The molecule has 1 saturated heterocycles. The van der Waals surface area contributed by atoms with E-state index in [2.05, 4.69) is 102 Å². The Bertz CT molecular complexity index is 7080. The molecule has 0 radical (unpaired) electrons. The van der Waals surface area contributed by atoms with Crippen LogP contribution in [0.25, 0.3) is 76.2 Å². The number of hydrogen-bond acceptors (Lipinski definition) is 28. The van der Waals surface area contributed by atoms with Crippen molar-refractivity contribution in [2.75, 3.05) is 69.0 Å². The summed E-state index contributed by atoms with van der Waals surface area (Å²) in [6.07, 6.45) is 0.198. The minimum atomic E-state index is -4.15. The number of rotatable bonds is 23. The Morgan fingerprint density at radius 2 is 1.17 bits per heavy atom. The Hall–Kier alpha value is -15.3. The third kappa shape index (κ3) is 18.8. The average Bonchev–Trinajstić information content (AvgIpc) is 1.62. The van der Waals surface area contributed by atoms with Crippen molar-refractivity contribution in [1.82, 2.24) is 74.2 Å². The second-order valence-corrected chi connectivity index (χ2v) is 33.7. The topological polar surface area (TPSA) is 372 Å². The number of nitrogens with one attached hydrogen (secondary N) is 1. The van der Waals surface area contributed by atoms with Gasteiger partial charge in [0, 0.05) is 63.2 Å². The van der Waals surface area contributed by atoms with Gasteiger partial charge in [0.15, 0.2) is 55.8 Å². The maximum Gasteiger partial charge on any atom is 0.587 e. The summed E-state index contributed by atoms with van der Waals surface area (Å²) >= 11 is 0. The summed E-state index contributed by atoms with van der Waals surface area (Å²) in [5.74, 6) is 8.46. The SMILES string of the molecule is C=C1N=C(c2ccccc2)C(c2cc(C)c(O)c(-n3nc4ccccc4n3)c2)=N1.C=c1c(C)nn2c(C(C)(C)COP(=O)(Oc3ccc(OC)cc3)Oc3ccc(OC)cc3)nnc12.C=c1c(C)nn2nc(-c3cccc(NC(=O)CCOc4ccc5c(c4)OCO5)c3)nc12.C=c1nc(-c2ccc(Oc3ccc(N4CCS(=O)(=O)CC4)cc3)cc2)n2nc(C)nc12. The second-order valence-electron chi connectivity index (χ2n) is 29.9. The number of aromatic hydroxyl groups is 1. The molecule has 3 aliphatic heterocycles. The molecule has 33 nitrogen and oxygen atoms in total. The minimum absolute atomic E-state index is 0.0598. The van der Waals surface area contributed by atoms with Crippen LogP contribution in [-0.4, -0.2) is 164 Å². The van der Waals surface area contributed by atoms with Crippen molar-refractivity contribution >= 4 is 94.1 Å². The molecule has 0 saturated carbocycles. The molecule has 1 amide bonds. The van der Waals surface area contributed by atoms with E-state index in [0.29, 0.717) is 144 Å². The number of imidazole rings is 1. The highest BCUT2D eigenvalue weighted by atomic mass is 32.2. The third-order valence-electron chi connectivity index (χ3n) is 20.3. The Morgan fingerprint density at radius 3 is 1.83 bits per heavy atom. The van der Waals surface area contributed by atoms with E-state index in [4.69, 9.17) is 42.0 Å². The Labute approximate surface area is 721 Å². The summed E-state index contributed by atoms with van der Waals surface area (Å²) in [4.78, 5) is 38.3. The first-order valence-electron chi connectivity index (χ1n) is 39.6. The molecule has 10 heterocycles. The number of phenols is 1. The third-order valence-corrected chi connectivity index (χ3v) is 23.3. The van der Waals surface area contributed by atoms with Crippen LogP contribution in [0.5, 0.6) is 57.5 Å². The lowest BCUT2D eigenvalue weighted by Gasteiger charge is -2.28. The van der Waals surface area contributed by atoms with E-state index in [1.54, 1.807) is 90.0 Å². The summed E-state index contributed by atoms with van der Waals surface area (Å²) in [5.41, 5.74) is 11.9. The van der Waals surface area contributed by atoms with Crippen LogP contribution in [0, 0.1) is 27.7 Å². The van der Waals surface area contributed by atoms with E-state index in [1.807, 2.05) is 181 Å². The molecule has 9 aromatic carbocycles. The number of carbonyl (C=O) groups excluding carboxylic acids is 1. The average molecular weight is 1730 g/mol. The van der Waals surface area contributed by atoms with Gasteiger partial charge >= 0.3 is 7.82 Å². The number of hydrogen-bond donors (Lipinski definition) is 2. The molecule has 0 bridgehead atoms. The number of benzene rings is 9. The number of phosphoric acid groups is 1. The van der Waals surface area contributed by atoms with E-state index in [1.165, 1.54) is 9.43 Å². The van der Waals surface area contributed by atoms with Crippen molar-refractivity contribution in [1.29, 1.82) is 0 Å². The summed E-state index contributed by atoms with van der Waals surface area (Å²) in [7, 11) is -3.92. The molecule has 0 unspecified atom stereocenters. The van der Waals surface area contributed by atoms with Gasteiger partial charge in [-0.25, -0.2) is 37.9 Å². The van der Waals surface area contributed by atoms with Crippen LogP contribution < -0.4 is 63.5 Å².